The fraction of sp³-hybridized carbons (Fsp3) is 0.429. The van der Waals surface area contributed by atoms with Gasteiger partial charge >= 0.3 is 0 Å². The Bertz CT molecular complexity index is 1030. The summed E-state index contributed by atoms with van der Waals surface area (Å²) in [7, 11) is -5.96. The number of aryl methyl sites for hydroxylation is 2. The summed E-state index contributed by atoms with van der Waals surface area (Å²) in [5, 5.41) is 10.4. The zero-order chi connectivity index (χ0) is 27.6. The number of benzene rings is 2. The van der Waals surface area contributed by atoms with Crippen molar-refractivity contribution in [1.29, 1.82) is 0 Å². The summed E-state index contributed by atoms with van der Waals surface area (Å²) < 4.78 is 99.8. The van der Waals surface area contributed by atoms with Gasteiger partial charge in [-0.2, -0.15) is 0 Å². The van der Waals surface area contributed by atoms with E-state index >= 15 is 0 Å². The van der Waals surface area contributed by atoms with Gasteiger partial charge in [0.15, 0.2) is 11.5 Å². The number of hydrogen-bond donors (Lipinski definition) is 1. The topological polar surface area (TPSA) is 47.9 Å². The third-order valence-electron chi connectivity index (χ3n) is 3.33. The molecule has 0 saturated heterocycles. The van der Waals surface area contributed by atoms with Crippen molar-refractivity contribution in [1.82, 2.24) is 0 Å². The predicted octanol–water partition coefficient (Wildman–Crippen LogP) is 4.16. The Hall–Kier alpha value is -2.20. The molecule has 0 aliphatic carbocycles. The molecule has 0 radical (unpaired) electrons. The predicted molar refractivity (Wildman–Crippen MR) is 99.8 cm³/mol. The molecule has 2 aromatic rings. The van der Waals surface area contributed by atoms with Gasteiger partial charge in [-0.3, -0.25) is 0 Å². The lowest BCUT2D eigenvalue weighted by molar-refractivity contribution is 0.0976. The van der Waals surface area contributed by atoms with Crippen LogP contribution in [0.4, 0.5) is 0 Å². The van der Waals surface area contributed by atoms with Gasteiger partial charge in [-0.1, -0.05) is 24.6 Å². The van der Waals surface area contributed by atoms with Gasteiger partial charge in [0, 0.05) is 5.48 Å². The Morgan fingerprint density at radius 2 is 2.00 bits per heavy atom. The minimum Gasteiger partial charge on any atom is -0.493 e. The van der Waals surface area contributed by atoms with Crippen LogP contribution in [0.3, 0.4) is 0 Å². The summed E-state index contributed by atoms with van der Waals surface area (Å²) in [4.78, 5) is 0. The number of methoxy groups -OCH3 is 2. The van der Waals surface area contributed by atoms with Gasteiger partial charge < -0.3 is 19.3 Å². The van der Waals surface area contributed by atoms with Gasteiger partial charge in [0.2, 0.25) is 0 Å². The molecule has 1 unspecified atom stereocenters. The van der Waals surface area contributed by atoms with Crippen molar-refractivity contribution < 1.29 is 34.4 Å². The highest BCUT2D eigenvalue weighted by atomic mass is 16.5. The lowest BCUT2D eigenvalue weighted by atomic mass is 10.0. The fourth-order valence-corrected chi connectivity index (χ4v) is 2.07. The average Bonchev–Trinajstić information content (AvgIpc) is 2.70. The molecule has 4 nitrogen and oxygen atoms in total. The first-order valence-corrected chi connectivity index (χ1v) is 7.65. The van der Waals surface area contributed by atoms with Gasteiger partial charge in [-0.05, 0) is 61.5 Å². The normalized spacial score (nSPS) is 21.8. The monoisotopic (exact) mass is 355 g/mol. The maximum atomic E-state index is 10.4. The molecule has 25 heavy (non-hydrogen) atoms. The quantitative estimate of drug-likeness (QED) is 0.695. The molecule has 0 aromatic heterocycles. The Morgan fingerprint density at radius 3 is 2.80 bits per heavy atom. The first kappa shape index (κ1) is 8.95. The number of aliphatic hydroxyl groups is 1. The van der Waals surface area contributed by atoms with E-state index < -0.39 is 63.8 Å². The van der Waals surface area contributed by atoms with Crippen molar-refractivity contribution >= 4 is 0 Å². The first-order chi connectivity index (χ1) is 16.2. The molecular formula is C21H28O4. The molecule has 1 atom stereocenters. The van der Waals surface area contributed by atoms with Gasteiger partial charge in [-0.15, -0.1) is 0 Å². The highest BCUT2D eigenvalue weighted by molar-refractivity contribution is 5.42. The van der Waals surface area contributed by atoms with E-state index in [4.69, 9.17) is 29.3 Å². The second-order valence-corrected chi connectivity index (χ2v) is 5.34. The van der Waals surface area contributed by atoms with Crippen LogP contribution in [-0.4, -0.2) is 31.9 Å². The van der Waals surface area contributed by atoms with Gasteiger partial charge in [0.25, 0.3) is 0 Å². The molecule has 0 fully saturated rings. The van der Waals surface area contributed by atoms with Crippen LogP contribution in [0.15, 0.2) is 42.5 Å². The van der Waals surface area contributed by atoms with Crippen LogP contribution < -0.4 is 14.2 Å². The maximum Gasteiger partial charge on any atom is 0.160 e. The van der Waals surface area contributed by atoms with E-state index in [9.17, 15) is 5.11 Å². The molecule has 0 saturated carbocycles. The second-order valence-electron chi connectivity index (χ2n) is 5.34. The van der Waals surface area contributed by atoms with Crippen molar-refractivity contribution in [2.75, 3.05) is 20.7 Å². The molecular weight excluding hydrogens is 316 g/mol. The van der Waals surface area contributed by atoms with Crippen molar-refractivity contribution in [2.24, 2.45) is 0 Å². The Kier molecular flexibility index (Phi) is 3.56. The lowest BCUT2D eigenvalue weighted by Gasteiger charge is -2.13. The highest BCUT2D eigenvalue weighted by Crippen LogP contribution is 2.28. The van der Waals surface area contributed by atoms with Crippen LogP contribution in [-0.2, 0) is 6.37 Å². The molecule has 2 aromatic carbocycles. The molecule has 0 aliphatic heterocycles. The van der Waals surface area contributed by atoms with Crippen LogP contribution >= 0.6 is 0 Å². The first-order valence-electron chi connectivity index (χ1n) is 13.2. The molecule has 136 valence electrons. The van der Waals surface area contributed by atoms with Crippen molar-refractivity contribution in [3.05, 3.63) is 53.6 Å². The molecule has 1 N–H and O–H groups in total. The van der Waals surface area contributed by atoms with Gasteiger partial charge in [-0.25, -0.2) is 0 Å². The summed E-state index contributed by atoms with van der Waals surface area (Å²) in [5.74, 6) is -0.674. The van der Waals surface area contributed by atoms with Gasteiger partial charge in [0.1, 0.15) is 12.4 Å². The SMILES string of the molecule is [2H]C(O)(CCC([2H])([2H])C([2H])([2H])c1ccc(OC([2H])([2H])[2H])c(OC([2H])([2H])[2H])c1)COc1cccc(C)c1. The molecule has 4 heteroatoms. The highest BCUT2D eigenvalue weighted by Gasteiger charge is 2.07. The van der Waals surface area contributed by atoms with Crippen LogP contribution in [0.5, 0.6) is 17.2 Å². The van der Waals surface area contributed by atoms with E-state index in [2.05, 4.69) is 0 Å². The summed E-state index contributed by atoms with van der Waals surface area (Å²) in [6.45, 7) is 1.36. The van der Waals surface area contributed by atoms with Crippen LogP contribution in [0.25, 0.3) is 0 Å². The summed E-state index contributed by atoms with van der Waals surface area (Å²) in [6.07, 6.45) is -8.70. The molecule has 2 rings (SSSR count). The Balaban J connectivity index is 2.21. The molecule has 0 bridgehead atoms. The van der Waals surface area contributed by atoms with E-state index in [1.54, 1.807) is 18.2 Å². The van der Waals surface area contributed by atoms with E-state index in [1.165, 1.54) is 0 Å². The summed E-state index contributed by atoms with van der Waals surface area (Å²) in [6, 6.07) is 9.81. The van der Waals surface area contributed by atoms with Crippen LogP contribution in [0.2, 0.25) is 0 Å². The van der Waals surface area contributed by atoms with E-state index in [1.807, 2.05) is 13.0 Å². The average molecular weight is 356 g/mol. The summed E-state index contributed by atoms with van der Waals surface area (Å²) in [5.41, 5.74) is 0.553. The zero-order valence-electron chi connectivity index (χ0n) is 24.8. The van der Waals surface area contributed by atoms with E-state index in [0.717, 1.165) is 23.8 Å². The minimum atomic E-state index is -3.02. The number of rotatable bonds is 10. The molecule has 0 spiro atoms. The maximum absolute atomic E-state index is 10.4. The fourth-order valence-electron chi connectivity index (χ4n) is 2.07. The number of hydrogen-bond acceptors (Lipinski definition) is 4. The van der Waals surface area contributed by atoms with Crippen molar-refractivity contribution in [3.8, 4) is 17.2 Å². The number of ether oxygens (including phenoxy) is 3. The molecule has 0 amide bonds. The third-order valence-corrected chi connectivity index (χ3v) is 3.33. The Labute approximate surface area is 165 Å². The van der Waals surface area contributed by atoms with E-state index in [0.29, 0.717) is 5.75 Å². The molecule has 0 aliphatic rings. The van der Waals surface area contributed by atoms with E-state index in [-0.39, 0.29) is 5.56 Å². The smallest absolute Gasteiger partial charge is 0.160 e. The second kappa shape index (κ2) is 9.94. The third kappa shape index (κ3) is 6.31. The minimum absolute atomic E-state index is 0.353. The molecule has 0 heterocycles. The van der Waals surface area contributed by atoms with Crippen molar-refractivity contribution in [3.63, 3.8) is 0 Å². The van der Waals surface area contributed by atoms with Crippen LogP contribution in [0.1, 0.15) is 45.4 Å². The van der Waals surface area contributed by atoms with Crippen molar-refractivity contribution in [2.45, 2.75) is 38.6 Å². The Morgan fingerprint density at radius 1 is 1.16 bits per heavy atom. The summed E-state index contributed by atoms with van der Waals surface area (Å²) >= 11 is 0. The zero-order valence-corrected chi connectivity index (χ0v) is 13.8. The standard InChI is InChI=1S/C21H28O4/c1-16-7-6-10-19(13-16)25-15-18(22)9-5-4-8-17-11-12-20(23-2)21(14-17)24-3/h6-7,10-14,18,22H,4-5,8-9,15H2,1-3H3/i2D3,3D3,4D2,8D2,18D. The lowest BCUT2D eigenvalue weighted by Crippen LogP contribution is -2.17. The van der Waals surface area contributed by atoms with Gasteiger partial charge in [0.05, 0.1) is 29.8 Å². The van der Waals surface area contributed by atoms with Crippen LogP contribution in [0, 0.1) is 6.92 Å². The largest absolute Gasteiger partial charge is 0.493 e.